The minimum Gasteiger partial charge on any atom is -0.503 e. The highest BCUT2D eigenvalue weighted by Crippen LogP contribution is 2.43. The SMILES string of the molecule is C=CCSc1nnc(N2C(=O)C(O)=C(C(=O)c3cccs3)C2c2ccccc2)s1. The molecule has 3 heterocycles. The molecule has 0 bridgehead atoms. The van der Waals surface area contributed by atoms with Gasteiger partial charge in [0.05, 0.1) is 16.5 Å². The van der Waals surface area contributed by atoms with E-state index < -0.39 is 17.7 Å². The molecule has 3 aromatic rings. The maximum absolute atomic E-state index is 13.1. The summed E-state index contributed by atoms with van der Waals surface area (Å²) in [5, 5.41) is 21.0. The van der Waals surface area contributed by atoms with Gasteiger partial charge in [-0.15, -0.1) is 28.1 Å². The molecule has 1 aliphatic heterocycles. The fourth-order valence-electron chi connectivity index (χ4n) is 3.01. The van der Waals surface area contributed by atoms with E-state index in [9.17, 15) is 14.7 Å². The van der Waals surface area contributed by atoms with Crippen molar-refractivity contribution in [3.05, 3.63) is 82.3 Å². The maximum Gasteiger partial charge on any atom is 0.296 e. The monoisotopic (exact) mass is 441 g/mol. The largest absolute Gasteiger partial charge is 0.503 e. The number of aliphatic hydroxyl groups is 1. The quantitative estimate of drug-likeness (QED) is 0.248. The van der Waals surface area contributed by atoms with Crippen molar-refractivity contribution in [2.45, 2.75) is 10.4 Å². The second-order valence-electron chi connectivity index (χ2n) is 6.01. The number of aromatic nitrogens is 2. The number of aliphatic hydroxyl groups excluding tert-OH is 1. The molecule has 4 rings (SSSR count). The van der Waals surface area contributed by atoms with Crippen LogP contribution in [0.5, 0.6) is 0 Å². The molecule has 0 radical (unpaired) electrons. The Kier molecular flexibility index (Phi) is 5.61. The molecule has 9 heteroatoms. The molecule has 29 heavy (non-hydrogen) atoms. The van der Waals surface area contributed by atoms with E-state index in [0.29, 0.717) is 25.7 Å². The Bertz CT molecular complexity index is 1090. The summed E-state index contributed by atoms with van der Waals surface area (Å²) in [6.45, 7) is 3.68. The lowest BCUT2D eigenvalue weighted by Gasteiger charge is -2.23. The lowest BCUT2D eigenvalue weighted by Crippen LogP contribution is -2.30. The number of thiophene rings is 1. The number of benzene rings is 1. The van der Waals surface area contributed by atoms with E-state index in [-0.39, 0.29) is 11.4 Å². The van der Waals surface area contributed by atoms with Gasteiger partial charge in [-0.2, -0.15) is 0 Å². The first-order chi connectivity index (χ1) is 14.1. The molecule has 0 saturated heterocycles. The Labute approximate surface area is 179 Å². The highest BCUT2D eigenvalue weighted by molar-refractivity contribution is 8.01. The zero-order valence-corrected chi connectivity index (χ0v) is 17.5. The van der Waals surface area contributed by atoms with Crippen molar-refractivity contribution in [1.29, 1.82) is 0 Å². The molecule has 1 amide bonds. The number of hydrogen-bond donors (Lipinski definition) is 1. The van der Waals surface area contributed by atoms with Crippen LogP contribution in [-0.4, -0.2) is 32.7 Å². The average molecular weight is 442 g/mol. The van der Waals surface area contributed by atoms with Gasteiger partial charge in [0.15, 0.2) is 10.1 Å². The first-order valence-corrected chi connectivity index (χ1v) is 11.3. The highest BCUT2D eigenvalue weighted by atomic mass is 32.2. The Hall–Kier alpha value is -2.75. The molecular weight excluding hydrogens is 426 g/mol. The number of amides is 1. The summed E-state index contributed by atoms with van der Waals surface area (Å²) in [4.78, 5) is 27.9. The fraction of sp³-hybridized carbons (Fsp3) is 0.100. The van der Waals surface area contributed by atoms with Crippen molar-refractivity contribution in [3.8, 4) is 0 Å². The second-order valence-corrected chi connectivity index (χ2v) is 9.18. The summed E-state index contributed by atoms with van der Waals surface area (Å²) in [5.74, 6) is -0.910. The molecule has 0 spiro atoms. The van der Waals surface area contributed by atoms with Crippen LogP contribution in [0.3, 0.4) is 0 Å². The van der Waals surface area contributed by atoms with Gasteiger partial charge in [-0.3, -0.25) is 14.5 Å². The van der Waals surface area contributed by atoms with Gasteiger partial charge in [0.1, 0.15) is 0 Å². The molecule has 1 aliphatic rings. The standard InChI is InChI=1S/C20H15N3O3S3/c1-2-10-28-20-22-21-19(29-20)23-15(12-7-4-3-5-8-12)14(17(25)18(23)26)16(24)13-9-6-11-27-13/h2-9,11,15,25H,1,10H2. The second kappa shape index (κ2) is 8.32. The van der Waals surface area contributed by atoms with Crippen LogP contribution in [0, 0.1) is 0 Å². The van der Waals surface area contributed by atoms with Crippen LogP contribution in [0.2, 0.25) is 0 Å². The number of carbonyl (C=O) groups excluding carboxylic acids is 2. The zero-order chi connectivity index (χ0) is 20.4. The maximum atomic E-state index is 13.1. The Morgan fingerprint density at radius 3 is 2.72 bits per heavy atom. The highest BCUT2D eigenvalue weighted by Gasteiger charge is 2.46. The first-order valence-electron chi connectivity index (χ1n) is 8.59. The van der Waals surface area contributed by atoms with E-state index in [0.717, 1.165) is 0 Å². The summed E-state index contributed by atoms with van der Waals surface area (Å²) >= 11 is 3.95. The third-order valence-corrected chi connectivity index (χ3v) is 7.16. The van der Waals surface area contributed by atoms with Crippen molar-refractivity contribution in [1.82, 2.24) is 10.2 Å². The van der Waals surface area contributed by atoms with Gasteiger partial charge in [0.25, 0.3) is 5.91 Å². The fourth-order valence-corrected chi connectivity index (χ4v) is 5.32. The summed E-state index contributed by atoms with van der Waals surface area (Å²) in [6, 6.07) is 11.8. The number of Topliss-reactive ketones (excluding diaryl/α,β-unsaturated/α-hetero) is 1. The number of rotatable bonds is 7. The summed E-state index contributed by atoms with van der Waals surface area (Å²) < 4.78 is 0.678. The molecule has 0 saturated carbocycles. The Morgan fingerprint density at radius 2 is 2.03 bits per heavy atom. The Morgan fingerprint density at radius 1 is 1.24 bits per heavy atom. The van der Waals surface area contributed by atoms with Gasteiger partial charge < -0.3 is 5.11 Å². The van der Waals surface area contributed by atoms with Crippen molar-refractivity contribution in [2.75, 3.05) is 10.7 Å². The van der Waals surface area contributed by atoms with E-state index in [1.807, 2.05) is 30.3 Å². The molecule has 146 valence electrons. The molecule has 1 atom stereocenters. The normalized spacial score (nSPS) is 16.5. The van der Waals surface area contributed by atoms with Gasteiger partial charge >= 0.3 is 0 Å². The average Bonchev–Trinajstić information content (AvgIpc) is 3.48. The van der Waals surface area contributed by atoms with Crippen LogP contribution in [0.4, 0.5) is 5.13 Å². The molecular formula is C20H15N3O3S3. The Balaban J connectivity index is 1.79. The minimum atomic E-state index is -0.775. The van der Waals surface area contributed by atoms with Gasteiger partial charge in [-0.1, -0.05) is 65.6 Å². The first kappa shape index (κ1) is 19.6. The smallest absolute Gasteiger partial charge is 0.296 e. The molecule has 0 aliphatic carbocycles. The number of nitrogens with zero attached hydrogens (tertiary/aromatic N) is 3. The van der Waals surface area contributed by atoms with Crippen molar-refractivity contribution in [2.24, 2.45) is 0 Å². The van der Waals surface area contributed by atoms with Crippen LogP contribution in [0.25, 0.3) is 0 Å². The number of carbonyl (C=O) groups is 2. The summed E-state index contributed by atoms with van der Waals surface area (Å²) in [6.07, 6.45) is 1.75. The van der Waals surface area contributed by atoms with E-state index in [1.165, 1.54) is 39.3 Å². The number of hydrogen-bond acceptors (Lipinski definition) is 8. The predicted molar refractivity (Wildman–Crippen MR) is 116 cm³/mol. The number of ketones is 1. The zero-order valence-electron chi connectivity index (χ0n) is 15.0. The van der Waals surface area contributed by atoms with E-state index >= 15 is 0 Å². The summed E-state index contributed by atoms with van der Waals surface area (Å²) in [7, 11) is 0. The predicted octanol–water partition coefficient (Wildman–Crippen LogP) is 4.66. The molecule has 0 fully saturated rings. The molecule has 1 aromatic carbocycles. The topological polar surface area (TPSA) is 83.4 Å². The lowest BCUT2D eigenvalue weighted by molar-refractivity contribution is -0.117. The van der Waals surface area contributed by atoms with Crippen LogP contribution in [0.1, 0.15) is 21.3 Å². The molecule has 6 nitrogen and oxygen atoms in total. The van der Waals surface area contributed by atoms with E-state index in [1.54, 1.807) is 23.6 Å². The minimum absolute atomic E-state index is 0.0548. The third-order valence-electron chi connectivity index (χ3n) is 4.24. The van der Waals surface area contributed by atoms with E-state index in [4.69, 9.17) is 0 Å². The number of anilines is 1. The van der Waals surface area contributed by atoms with Crippen molar-refractivity contribution < 1.29 is 14.7 Å². The van der Waals surface area contributed by atoms with Crippen molar-refractivity contribution in [3.63, 3.8) is 0 Å². The van der Waals surface area contributed by atoms with Crippen LogP contribution in [-0.2, 0) is 4.79 Å². The molecule has 1 N–H and O–H groups in total. The van der Waals surface area contributed by atoms with E-state index in [2.05, 4.69) is 16.8 Å². The third kappa shape index (κ3) is 3.64. The molecule has 1 unspecified atom stereocenters. The lowest BCUT2D eigenvalue weighted by atomic mass is 9.96. The number of thioether (sulfide) groups is 1. The van der Waals surface area contributed by atoms with Gasteiger partial charge in [0.2, 0.25) is 10.9 Å². The van der Waals surface area contributed by atoms with Gasteiger partial charge in [0, 0.05) is 5.75 Å². The van der Waals surface area contributed by atoms with Crippen LogP contribution in [0.15, 0.2) is 76.2 Å². The molecule has 2 aromatic heterocycles. The van der Waals surface area contributed by atoms with Crippen molar-refractivity contribution >= 4 is 51.3 Å². The van der Waals surface area contributed by atoms with Crippen LogP contribution >= 0.6 is 34.4 Å². The van der Waals surface area contributed by atoms with Gasteiger partial charge in [-0.05, 0) is 17.0 Å². The van der Waals surface area contributed by atoms with Gasteiger partial charge in [-0.25, -0.2) is 0 Å². The summed E-state index contributed by atoms with van der Waals surface area (Å²) in [5.41, 5.74) is 0.763. The van der Waals surface area contributed by atoms with Crippen LogP contribution < -0.4 is 4.90 Å².